The van der Waals surface area contributed by atoms with E-state index in [0.717, 1.165) is 37.0 Å². The SMILES string of the molecule is CCOC(=O)C1=C(COC(=O)CNC(=O)C2CCCCC2)NC(=O)N[C@@H]1c1cccs1. The van der Waals surface area contributed by atoms with Gasteiger partial charge in [-0.3, -0.25) is 9.59 Å². The molecular formula is C21H27N3O6S. The van der Waals surface area contributed by atoms with Crippen molar-refractivity contribution in [2.24, 2.45) is 5.92 Å². The maximum atomic E-state index is 12.6. The number of rotatable bonds is 8. The minimum atomic E-state index is -0.701. The van der Waals surface area contributed by atoms with Crippen LogP contribution in [0.3, 0.4) is 0 Å². The van der Waals surface area contributed by atoms with E-state index < -0.39 is 24.0 Å². The van der Waals surface area contributed by atoms with E-state index in [1.54, 1.807) is 13.0 Å². The van der Waals surface area contributed by atoms with E-state index in [-0.39, 0.29) is 42.9 Å². The lowest BCUT2D eigenvalue weighted by Gasteiger charge is -2.28. The van der Waals surface area contributed by atoms with Gasteiger partial charge in [-0.2, -0.15) is 0 Å². The second-order valence-corrected chi connectivity index (χ2v) is 8.35. The fourth-order valence-corrected chi connectivity index (χ4v) is 4.51. The van der Waals surface area contributed by atoms with Crippen LogP contribution in [-0.2, 0) is 23.9 Å². The van der Waals surface area contributed by atoms with Gasteiger partial charge in [0.15, 0.2) is 0 Å². The molecule has 1 saturated carbocycles. The van der Waals surface area contributed by atoms with Crippen molar-refractivity contribution in [3.8, 4) is 0 Å². The van der Waals surface area contributed by atoms with Gasteiger partial charge in [-0.25, -0.2) is 9.59 Å². The number of amides is 3. The number of thiophene rings is 1. The van der Waals surface area contributed by atoms with Crippen molar-refractivity contribution in [1.82, 2.24) is 16.0 Å². The maximum absolute atomic E-state index is 12.6. The molecule has 1 fully saturated rings. The highest BCUT2D eigenvalue weighted by molar-refractivity contribution is 7.10. The number of urea groups is 1. The van der Waals surface area contributed by atoms with Gasteiger partial charge in [0.2, 0.25) is 5.91 Å². The average Bonchev–Trinajstić information content (AvgIpc) is 3.31. The third-order valence-corrected chi connectivity index (χ3v) is 6.17. The van der Waals surface area contributed by atoms with Gasteiger partial charge in [0.1, 0.15) is 13.2 Å². The van der Waals surface area contributed by atoms with E-state index in [0.29, 0.717) is 0 Å². The van der Waals surface area contributed by atoms with Gasteiger partial charge in [-0.1, -0.05) is 25.3 Å². The Kier molecular flexibility index (Phi) is 8.05. The van der Waals surface area contributed by atoms with E-state index in [9.17, 15) is 19.2 Å². The molecule has 168 valence electrons. The molecular weight excluding hydrogens is 422 g/mol. The Labute approximate surface area is 184 Å². The quantitative estimate of drug-likeness (QED) is 0.523. The van der Waals surface area contributed by atoms with Gasteiger partial charge in [0.05, 0.1) is 23.9 Å². The topological polar surface area (TPSA) is 123 Å². The summed E-state index contributed by atoms with van der Waals surface area (Å²) >= 11 is 1.38. The van der Waals surface area contributed by atoms with E-state index in [2.05, 4.69) is 16.0 Å². The molecule has 31 heavy (non-hydrogen) atoms. The van der Waals surface area contributed by atoms with Crippen LogP contribution in [0.2, 0.25) is 0 Å². The highest BCUT2D eigenvalue weighted by Gasteiger charge is 2.34. The molecule has 0 unspecified atom stereocenters. The Morgan fingerprint density at radius 2 is 1.97 bits per heavy atom. The Bertz CT molecular complexity index is 845. The lowest BCUT2D eigenvalue weighted by atomic mass is 9.89. The number of hydrogen-bond donors (Lipinski definition) is 3. The summed E-state index contributed by atoms with van der Waals surface area (Å²) in [5, 5.41) is 9.69. The summed E-state index contributed by atoms with van der Waals surface area (Å²) in [6.07, 6.45) is 4.84. The summed E-state index contributed by atoms with van der Waals surface area (Å²) in [5.74, 6) is -1.46. The standard InChI is InChI=1S/C21H27N3O6S/c1-2-29-20(27)17-14(23-21(28)24-18(17)15-9-6-10-31-15)12-30-16(25)11-22-19(26)13-7-4-3-5-8-13/h6,9-10,13,18H,2-5,7-8,11-12H2,1H3,(H,22,26)(H2,23,24,28)/t18-/m1/s1. The van der Waals surface area contributed by atoms with Crippen LogP contribution in [0.4, 0.5) is 4.79 Å². The van der Waals surface area contributed by atoms with Crippen LogP contribution < -0.4 is 16.0 Å². The molecule has 0 bridgehead atoms. The van der Waals surface area contributed by atoms with E-state index in [1.807, 2.05) is 11.4 Å². The number of carbonyl (C=O) groups excluding carboxylic acids is 4. The highest BCUT2D eigenvalue weighted by atomic mass is 32.1. The van der Waals surface area contributed by atoms with Gasteiger partial charge in [-0.15, -0.1) is 11.3 Å². The summed E-state index contributed by atoms with van der Waals surface area (Å²) in [5.41, 5.74) is 0.343. The Hall–Kier alpha value is -2.88. The molecule has 0 spiro atoms. The summed E-state index contributed by atoms with van der Waals surface area (Å²) in [6.45, 7) is 1.26. The van der Waals surface area contributed by atoms with Crippen molar-refractivity contribution in [2.75, 3.05) is 19.8 Å². The number of carbonyl (C=O) groups is 4. The third kappa shape index (κ3) is 6.06. The summed E-state index contributed by atoms with van der Waals surface area (Å²) in [6, 6.07) is 2.39. The molecule has 9 nitrogen and oxygen atoms in total. The maximum Gasteiger partial charge on any atom is 0.338 e. The zero-order valence-corrected chi connectivity index (χ0v) is 18.2. The van der Waals surface area contributed by atoms with Crippen molar-refractivity contribution < 1.29 is 28.7 Å². The van der Waals surface area contributed by atoms with Crippen LogP contribution in [0, 0.1) is 5.92 Å². The first-order valence-electron chi connectivity index (χ1n) is 10.4. The third-order valence-electron chi connectivity index (χ3n) is 5.24. The summed E-state index contributed by atoms with van der Waals surface area (Å²) < 4.78 is 10.4. The molecule has 10 heteroatoms. The molecule has 0 aromatic carbocycles. The zero-order chi connectivity index (χ0) is 22.2. The predicted octanol–water partition coefficient (Wildman–Crippen LogP) is 2.16. The van der Waals surface area contributed by atoms with Crippen LogP contribution in [-0.4, -0.2) is 43.6 Å². The lowest BCUT2D eigenvalue weighted by molar-refractivity contribution is -0.144. The van der Waals surface area contributed by atoms with E-state index in [1.165, 1.54) is 11.3 Å². The van der Waals surface area contributed by atoms with E-state index in [4.69, 9.17) is 9.47 Å². The van der Waals surface area contributed by atoms with Crippen molar-refractivity contribution >= 4 is 35.2 Å². The van der Waals surface area contributed by atoms with Crippen molar-refractivity contribution in [3.63, 3.8) is 0 Å². The Balaban J connectivity index is 1.65. The number of nitrogens with one attached hydrogen (secondary N) is 3. The minimum absolute atomic E-state index is 0.0602. The molecule has 0 saturated heterocycles. The minimum Gasteiger partial charge on any atom is -0.463 e. The van der Waals surface area contributed by atoms with Crippen LogP contribution in [0.1, 0.15) is 49.9 Å². The molecule has 3 rings (SSSR count). The van der Waals surface area contributed by atoms with Crippen LogP contribution in [0.15, 0.2) is 28.8 Å². The number of ether oxygens (including phenoxy) is 2. The average molecular weight is 450 g/mol. The number of esters is 2. The fraction of sp³-hybridized carbons (Fsp3) is 0.524. The van der Waals surface area contributed by atoms with E-state index >= 15 is 0 Å². The van der Waals surface area contributed by atoms with Crippen LogP contribution in [0.5, 0.6) is 0 Å². The summed E-state index contributed by atoms with van der Waals surface area (Å²) in [7, 11) is 0. The summed E-state index contributed by atoms with van der Waals surface area (Å²) in [4.78, 5) is 49.8. The molecule has 3 N–H and O–H groups in total. The van der Waals surface area contributed by atoms with Crippen molar-refractivity contribution in [1.29, 1.82) is 0 Å². The fourth-order valence-electron chi connectivity index (χ4n) is 3.72. The molecule has 1 aliphatic carbocycles. The second-order valence-electron chi connectivity index (χ2n) is 7.37. The first-order valence-corrected chi connectivity index (χ1v) is 11.3. The highest BCUT2D eigenvalue weighted by Crippen LogP contribution is 2.30. The predicted molar refractivity (Wildman–Crippen MR) is 113 cm³/mol. The number of hydrogen-bond acceptors (Lipinski definition) is 7. The normalized spacial score (nSPS) is 19.3. The molecule has 3 amide bonds. The van der Waals surface area contributed by atoms with Gasteiger partial charge in [0, 0.05) is 10.8 Å². The monoisotopic (exact) mass is 449 g/mol. The van der Waals surface area contributed by atoms with Crippen molar-refractivity contribution in [3.05, 3.63) is 33.7 Å². The molecule has 1 aromatic heterocycles. The van der Waals surface area contributed by atoms with Gasteiger partial charge >= 0.3 is 18.0 Å². The second kappa shape index (κ2) is 10.9. The van der Waals surface area contributed by atoms with Gasteiger partial charge in [0.25, 0.3) is 0 Å². The van der Waals surface area contributed by atoms with Crippen molar-refractivity contribution in [2.45, 2.75) is 45.1 Å². The Morgan fingerprint density at radius 3 is 2.65 bits per heavy atom. The molecule has 0 radical (unpaired) electrons. The molecule has 1 aromatic rings. The first-order chi connectivity index (χ1) is 15.0. The smallest absolute Gasteiger partial charge is 0.338 e. The largest absolute Gasteiger partial charge is 0.463 e. The van der Waals surface area contributed by atoms with Crippen LogP contribution >= 0.6 is 11.3 Å². The van der Waals surface area contributed by atoms with Crippen LogP contribution in [0.25, 0.3) is 0 Å². The Morgan fingerprint density at radius 1 is 1.19 bits per heavy atom. The lowest BCUT2D eigenvalue weighted by Crippen LogP contribution is -2.47. The molecule has 2 heterocycles. The van der Waals surface area contributed by atoms with Gasteiger partial charge in [-0.05, 0) is 31.2 Å². The first kappa shape index (κ1) is 22.8. The molecule has 1 atom stereocenters. The van der Waals surface area contributed by atoms with Gasteiger partial charge < -0.3 is 25.4 Å². The zero-order valence-electron chi connectivity index (χ0n) is 17.4. The molecule has 1 aliphatic heterocycles. The molecule has 2 aliphatic rings.